The third-order valence-corrected chi connectivity index (χ3v) is 3.07. The number of nitrogens with one attached hydrogen (secondary N) is 2. The zero-order chi connectivity index (χ0) is 14.5. The molecule has 20 heavy (non-hydrogen) atoms. The van der Waals surface area contributed by atoms with Gasteiger partial charge in [-0.1, -0.05) is 12.1 Å². The fourth-order valence-electron chi connectivity index (χ4n) is 2.03. The number of rotatable bonds is 6. The summed E-state index contributed by atoms with van der Waals surface area (Å²) in [5.41, 5.74) is 1.85. The molecule has 0 bridgehead atoms. The summed E-state index contributed by atoms with van der Waals surface area (Å²) in [6.45, 7) is 1.16. The molecule has 0 aliphatic heterocycles. The maximum absolute atomic E-state index is 12.2. The molecule has 2 aromatic rings. The molecule has 6 heteroatoms. The second-order valence-corrected chi connectivity index (χ2v) is 4.57. The maximum Gasteiger partial charge on any atom is 0.387 e. The van der Waals surface area contributed by atoms with Crippen LogP contribution in [0.4, 0.5) is 8.78 Å². The van der Waals surface area contributed by atoms with Crippen LogP contribution in [0.25, 0.3) is 0 Å². The number of benzene rings is 1. The molecule has 1 heterocycles. The Balaban J connectivity index is 2.03. The summed E-state index contributed by atoms with van der Waals surface area (Å²) in [5.74, 6) is 0.167. The van der Waals surface area contributed by atoms with Gasteiger partial charge in [-0.25, -0.2) is 0 Å². The van der Waals surface area contributed by atoms with Gasteiger partial charge in [0.2, 0.25) is 0 Å². The van der Waals surface area contributed by atoms with Gasteiger partial charge in [0, 0.05) is 18.3 Å². The fraction of sp³-hybridized carbons (Fsp3) is 0.357. The summed E-state index contributed by atoms with van der Waals surface area (Å²) >= 11 is 0. The van der Waals surface area contributed by atoms with Crippen LogP contribution < -0.4 is 10.1 Å². The Morgan fingerprint density at radius 2 is 2.00 bits per heavy atom. The maximum atomic E-state index is 12.2. The highest BCUT2D eigenvalue weighted by Crippen LogP contribution is 2.22. The summed E-state index contributed by atoms with van der Waals surface area (Å²) < 4.78 is 28.8. The molecule has 0 amide bonds. The molecule has 2 rings (SSSR count). The van der Waals surface area contributed by atoms with Gasteiger partial charge in [-0.15, -0.1) is 0 Å². The minimum absolute atomic E-state index is 0.00507. The van der Waals surface area contributed by atoms with E-state index in [9.17, 15) is 8.78 Å². The van der Waals surface area contributed by atoms with E-state index in [4.69, 9.17) is 0 Å². The Kier molecular flexibility index (Phi) is 4.68. The first-order chi connectivity index (χ1) is 9.56. The van der Waals surface area contributed by atoms with Crippen molar-refractivity contribution in [1.29, 1.82) is 0 Å². The highest BCUT2D eigenvalue weighted by atomic mass is 19.3. The lowest BCUT2D eigenvalue weighted by Gasteiger charge is -2.20. The number of hydrogen-bond donors (Lipinski definition) is 2. The summed E-state index contributed by atoms with van der Waals surface area (Å²) in [6.07, 6.45) is 1.69. The van der Waals surface area contributed by atoms with Crippen molar-refractivity contribution in [2.24, 2.45) is 0 Å². The molecule has 0 saturated heterocycles. The van der Waals surface area contributed by atoms with Gasteiger partial charge >= 0.3 is 6.61 Å². The lowest BCUT2D eigenvalue weighted by molar-refractivity contribution is -0.0499. The average Bonchev–Trinajstić information content (AvgIpc) is 2.92. The Hall–Kier alpha value is -1.95. The van der Waals surface area contributed by atoms with E-state index in [0.717, 1.165) is 11.3 Å². The summed E-state index contributed by atoms with van der Waals surface area (Å²) in [7, 11) is 0. The summed E-state index contributed by atoms with van der Waals surface area (Å²) in [6, 6.07) is 8.66. The fourth-order valence-corrected chi connectivity index (χ4v) is 2.03. The molecule has 2 N–H and O–H groups in total. The Morgan fingerprint density at radius 3 is 2.65 bits per heavy atom. The van der Waals surface area contributed by atoms with E-state index >= 15 is 0 Å². The van der Waals surface area contributed by atoms with Gasteiger partial charge in [0.05, 0.1) is 5.69 Å². The average molecular weight is 281 g/mol. The van der Waals surface area contributed by atoms with Crippen molar-refractivity contribution in [3.63, 3.8) is 0 Å². The quantitative estimate of drug-likeness (QED) is 0.853. The molecular weight excluding hydrogens is 264 g/mol. The first-order valence-corrected chi connectivity index (χ1v) is 6.36. The van der Waals surface area contributed by atoms with E-state index in [1.165, 1.54) is 6.07 Å². The Labute approximate surface area is 116 Å². The molecule has 4 nitrogen and oxygen atoms in total. The molecule has 1 aromatic carbocycles. The van der Waals surface area contributed by atoms with Gasteiger partial charge in [0.25, 0.3) is 0 Å². The molecule has 2 unspecified atom stereocenters. The van der Waals surface area contributed by atoms with Crippen LogP contribution in [0.15, 0.2) is 36.5 Å². The van der Waals surface area contributed by atoms with E-state index in [1.54, 1.807) is 18.3 Å². The number of nitrogens with zero attached hydrogens (tertiary/aromatic N) is 1. The van der Waals surface area contributed by atoms with Gasteiger partial charge in [-0.05, 0) is 37.6 Å². The van der Waals surface area contributed by atoms with Gasteiger partial charge in [0.15, 0.2) is 0 Å². The van der Waals surface area contributed by atoms with Crippen LogP contribution in [0.5, 0.6) is 5.75 Å². The van der Waals surface area contributed by atoms with E-state index in [-0.39, 0.29) is 17.8 Å². The van der Waals surface area contributed by atoms with E-state index in [2.05, 4.69) is 20.3 Å². The van der Waals surface area contributed by atoms with E-state index < -0.39 is 6.61 Å². The number of hydrogen-bond acceptors (Lipinski definition) is 3. The monoisotopic (exact) mass is 281 g/mol. The predicted molar refractivity (Wildman–Crippen MR) is 71.6 cm³/mol. The van der Waals surface area contributed by atoms with Crippen LogP contribution in [-0.4, -0.2) is 16.8 Å². The summed E-state index contributed by atoms with van der Waals surface area (Å²) in [5, 5.41) is 10.2. The second kappa shape index (κ2) is 6.47. The Morgan fingerprint density at radius 1 is 1.20 bits per heavy atom. The molecule has 108 valence electrons. The smallest absolute Gasteiger partial charge is 0.387 e. The highest BCUT2D eigenvalue weighted by Gasteiger charge is 2.13. The van der Waals surface area contributed by atoms with Gasteiger partial charge in [0.1, 0.15) is 5.75 Å². The third-order valence-electron chi connectivity index (χ3n) is 3.07. The summed E-state index contributed by atoms with van der Waals surface area (Å²) in [4.78, 5) is 0. The minimum atomic E-state index is -2.81. The van der Waals surface area contributed by atoms with E-state index in [1.807, 2.05) is 26.0 Å². The van der Waals surface area contributed by atoms with Crippen molar-refractivity contribution < 1.29 is 13.5 Å². The molecule has 0 aliphatic carbocycles. The van der Waals surface area contributed by atoms with Gasteiger partial charge < -0.3 is 10.1 Å². The standard InChI is InChI=1S/C14H17F2N3O/c1-9(18-10(2)13-6-7-17-19-13)11-4-3-5-12(8-11)20-14(15)16/h3-10,14,18H,1-2H3,(H,17,19). The van der Waals surface area contributed by atoms with Crippen LogP contribution in [0.2, 0.25) is 0 Å². The van der Waals surface area contributed by atoms with Crippen molar-refractivity contribution in [3.8, 4) is 5.75 Å². The van der Waals surface area contributed by atoms with Crippen molar-refractivity contribution >= 4 is 0 Å². The number of ether oxygens (including phenoxy) is 1. The van der Waals surface area contributed by atoms with Crippen LogP contribution in [0, 0.1) is 0 Å². The van der Waals surface area contributed by atoms with E-state index in [0.29, 0.717) is 0 Å². The normalized spacial score (nSPS) is 14.2. The van der Waals surface area contributed by atoms with Crippen molar-refractivity contribution in [1.82, 2.24) is 15.5 Å². The number of halogens is 2. The number of aromatic amines is 1. The largest absolute Gasteiger partial charge is 0.435 e. The van der Waals surface area contributed by atoms with Crippen LogP contribution in [0.1, 0.15) is 37.2 Å². The van der Waals surface area contributed by atoms with Gasteiger partial charge in [-0.2, -0.15) is 13.9 Å². The first-order valence-electron chi connectivity index (χ1n) is 6.36. The molecule has 0 spiro atoms. The molecule has 0 saturated carbocycles. The van der Waals surface area contributed by atoms with Crippen molar-refractivity contribution in [2.45, 2.75) is 32.5 Å². The molecule has 2 atom stereocenters. The highest BCUT2D eigenvalue weighted by molar-refractivity contribution is 5.30. The van der Waals surface area contributed by atoms with Crippen LogP contribution in [-0.2, 0) is 0 Å². The first kappa shape index (κ1) is 14.5. The molecule has 0 aliphatic rings. The zero-order valence-electron chi connectivity index (χ0n) is 11.3. The molecule has 0 radical (unpaired) electrons. The minimum Gasteiger partial charge on any atom is -0.435 e. The van der Waals surface area contributed by atoms with Crippen LogP contribution in [0.3, 0.4) is 0 Å². The molecular formula is C14H17F2N3O. The van der Waals surface area contributed by atoms with Crippen LogP contribution >= 0.6 is 0 Å². The van der Waals surface area contributed by atoms with Crippen molar-refractivity contribution in [2.75, 3.05) is 0 Å². The predicted octanol–water partition coefficient (Wildman–Crippen LogP) is 3.42. The lowest BCUT2D eigenvalue weighted by atomic mass is 10.1. The number of aromatic nitrogens is 2. The SMILES string of the molecule is CC(NC(C)c1ccn[nH]1)c1cccc(OC(F)F)c1. The topological polar surface area (TPSA) is 49.9 Å². The Bertz CT molecular complexity index is 531. The van der Waals surface area contributed by atoms with Gasteiger partial charge in [-0.3, -0.25) is 5.10 Å². The second-order valence-electron chi connectivity index (χ2n) is 4.57. The van der Waals surface area contributed by atoms with Crippen molar-refractivity contribution in [3.05, 3.63) is 47.8 Å². The lowest BCUT2D eigenvalue weighted by Crippen LogP contribution is -2.22. The molecule has 1 aromatic heterocycles. The zero-order valence-corrected chi connectivity index (χ0v) is 11.3. The number of alkyl halides is 2. The number of H-pyrrole nitrogens is 1. The third kappa shape index (κ3) is 3.77. The molecule has 0 fully saturated rings.